The van der Waals surface area contributed by atoms with Gasteiger partial charge in [-0.3, -0.25) is 4.79 Å². The lowest BCUT2D eigenvalue weighted by Gasteiger charge is -2.20. The highest BCUT2D eigenvalue weighted by atomic mass is 32.1. The number of hydrogen-bond acceptors (Lipinski definition) is 4. The Balaban J connectivity index is 1.83. The molecule has 1 aliphatic heterocycles. The molecular formula is C23H27N3O2S. The number of nitriles is 1. The van der Waals surface area contributed by atoms with Crippen molar-refractivity contribution in [3.05, 3.63) is 63.6 Å². The monoisotopic (exact) mass is 409 g/mol. The van der Waals surface area contributed by atoms with Gasteiger partial charge in [0.05, 0.1) is 12.6 Å². The molecule has 1 amide bonds. The quantitative estimate of drug-likeness (QED) is 0.367. The summed E-state index contributed by atoms with van der Waals surface area (Å²) in [7, 11) is 0. The highest BCUT2D eigenvalue weighted by molar-refractivity contribution is 7.09. The van der Waals surface area contributed by atoms with Crippen molar-refractivity contribution in [2.24, 2.45) is 0 Å². The third kappa shape index (κ3) is 5.06. The molecule has 0 radical (unpaired) electrons. The minimum Gasteiger partial charge on any atom is -0.376 e. The summed E-state index contributed by atoms with van der Waals surface area (Å²) in [6.07, 6.45) is 5.81. The van der Waals surface area contributed by atoms with Crippen LogP contribution < -0.4 is 0 Å². The Labute approximate surface area is 176 Å². The molecule has 1 saturated heterocycles. The highest BCUT2D eigenvalue weighted by Gasteiger charge is 2.21. The average Bonchev–Trinajstić information content (AvgIpc) is 3.45. The first-order valence-electron chi connectivity index (χ1n) is 9.86. The van der Waals surface area contributed by atoms with Crippen LogP contribution in [0.1, 0.15) is 34.7 Å². The number of carbonyl (C=O) groups excluding carboxylic acids is 1. The maximum absolute atomic E-state index is 13.0. The number of amides is 1. The number of thiophene rings is 1. The van der Waals surface area contributed by atoms with Crippen molar-refractivity contribution < 1.29 is 9.53 Å². The third-order valence-electron chi connectivity index (χ3n) is 5.24. The van der Waals surface area contributed by atoms with Crippen LogP contribution in [0.15, 0.2) is 41.8 Å². The molecule has 0 bridgehead atoms. The lowest BCUT2D eigenvalue weighted by molar-refractivity contribution is -0.126. The van der Waals surface area contributed by atoms with Crippen LogP contribution in [0.2, 0.25) is 0 Å². The number of rotatable bonds is 8. The van der Waals surface area contributed by atoms with Crippen LogP contribution >= 0.6 is 11.3 Å². The van der Waals surface area contributed by atoms with Crippen LogP contribution in [0.5, 0.6) is 0 Å². The van der Waals surface area contributed by atoms with Gasteiger partial charge in [-0.1, -0.05) is 12.1 Å². The second-order valence-electron chi connectivity index (χ2n) is 7.30. The molecule has 0 N–H and O–H groups in total. The molecule has 3 heterocycles. The zero-order chi connectivity index (χ0) is 20.8. The van der Waals surface area contributed by atoms with Crippen LogP contribution in [-0.4, -0.2) is 34.6 Å². The van der Waals surface area contributed by atoms with Crippen molar-refractivity contribution in [1.82, 2.24) is 9.47 Å². The van der Waals surface area contributed by atoms with Crippen LogP contribution in [0.3, 0.4) is 0 Å². The van der Waals surface area contributed by atoms with E-state index in [-0.39, 0.29) is 17.6 Å². The maximum Gasteiger partial charge on any atom is 0.265 e. The highest BCUT2D eigenvalue weighted by Crippen LogP contribution is 2.23. The molecule has 0 aliphatic carbocycles. The molecule has 29 heavy (non-hydrogen) atoms. The smallest absolute Gasteiger partial charge is 0.265 e. The lowest BCUT2D eigenvalue weighted by atomic mass is 10.1. The van der Waals surface area contributed by atoms with Crippen LogP contribution in [0, 0.1) is 25.2 Å². The zero-order valence-corrected chi connectivity index (χ0v) is 17.9. The number of hydrogen-bond donors (Lipinski definition) is 0. The minimum atomic E-state index is -0.273. The number of nitrogens with zero attached hydrogens (tertiary/aromatic N) is 3. The van der Waals surface area contributed by atoms with Gasteiger partial charge in [-0.2, -0.15) is 5.26 Å². The van der Waals surface area contributed by atoms with Crippen LogP contribution in [-0.2, 0) is 22.6 Å². The van der Waals surface area contributed by atoms with Gasteiger partial charge < -0.3 is 14.2 Å². The molecule has 1 fully saturated rings. The summed E-state index contributed by atoms with van der Waals surface area (Å²) >= 11 is 1.59. The van der Waals surface area contributed by atoms with Crippen molar-refractivity contribution in [2.75, 3.05) is 13.2 Å². The van der Waals surface area contributed by atoms with Crippen LogP contribution in [0.25, 0.3) is 6.08 Å². The summed E-state index contributed by atoms with van der Waals surface area (Å²) in [6, 6.07) is 8.08. The van der Waals surface area contributed by atoms with Gasteiger partial charge in [0.15, 0.2) is 0 Å². The molecular weight excluding hydrogens is 382 g/mol. The van der Waals surface area contributed by atoms with Gasteiger partial charge in [0, 0.05) is 36.0 Å². The van der Waals surface area contributed by atoms with E-state index in [1.165, 1.54) is 0 Å². The Bertz CT molecular complexity index is 928. The standard InChI is InChI=1S/C23H27N3O2S/c1-4-9-25(16-22-8-6-11-29-22)23(27)20(14-24)13-19-12-17(2)26(18(19)3)15-21-7-5-10-28-21/h4,6,8,11-13,21H,1,5,7,9-10,15-16H2,2-3H3/b20-13-. The fraction of sp³-hybridized carbons (Fsp3) is 0.391. The van der Waals surface area contributed by atoms with Crippen molar-refractivity contribution in [2.45, 2.75) is 45.9 Å². The van der Waals surface area contributed by atoms with E-state index in [9.17, 15) is 10.1 Å². The Hall–Kier alpha value is -2.62. The van der Waals surface area contributed by atoms with Gasteiger partial charge in [-0.25, -0.2) is 0 Å². The lowest BCUT2D eigenvalue weighted by Crippen LogP contribution is -2.31. The number of aryl methyl sites for hydroxylation is 1. The van der Waals surface area contributed by atoms with Crippen molar-refractivity contribution in [3.63, 3.8) is 0 Å². The fourth-order valence-electron chi connectivity index (χ4n) is 3.68. The molecule has 0 saturated carbocycles. The summed E-state index contributed by atoms with van der Waals surface area (Å²) < 4.78 is 7.98. The molecule has 5 nitrogen and oxygen atoms in total. The predicted molar refractivity (Wildman–Crippen MR) is 116 cm³/mol. The molecule has 2 aromatic heterocycles. The molecule has 2 aromatic rings. The van der Waals surface area contributed by atoms with E-state index in [2.05, 4.69) is 17.2 Å². The Kier molecular flexibility index (Phi) is 7.08. The van der Waals surface area contributed by atoms with E-state index in [4.69, 9.17) is 4.74 Å². The molecule has 1 unspecified atom stereocenters. The maximum atomic E-state index is 13.0. The third-order valence-corrected chi connectivity index (χ3v) is 6.10. The summed E-state index contributed by atoms with van der Waals surface area (Å²) in [5.41, 5.74) is 3.20. The average molecular weight is 410 g/mol. The Morgan fingerprint density at radius 3 is 2.97 bits per heavy atom. The van der Waals surface area contributed by atoms with Gasteiger partial charge in [0.25, 0.3) is 5.91 Å². The Morgan fingerprint density at radius 2 is 2.34 bits per heavy atom. The minimum absolute atomic E-state index is 0.140. The molecule has 3 rings (SSSR count). The van der Waals surface area contributed by atoms with E-state index < -0.39 is 0 Å². The first-order chi connectivity index (χ1) is 14.0. The SMILES string of the molecule is C=CCN(Cc1cccs1)C(=O)/C(C#N)=C\c1cc(C)n(CC2CCCO2)c1C. The largest absolute Gasteiger partial charge is 0.376 e. The number of aromatic nitrogens is 1. The van der Waals surface area contributed by atoms with E-state index in [0.29, 0.717) is 13.1 Å². The number of carbonyl (C=O) groups is 1. The van der Waals surface area contributed by atoms with Gasteiger partial charge in [-0.05, 0) is 55.8 Å². The molecule has 152 valence electrons. The number of ether oxygens (including phenoxy) is 1. The van der Waals surface area contributed by atoms with Gasteiger partial charge in [0.2, 0.25) is 0 Å². The summed E-state index contributed by atoms with van der Waals surface area (Å²) in [5.74, 6) is -0.273. The Morgan fingerprint density at radius 1 is 1.52 bits per heavy atom. The van der Waals surface area contributed by atoms with E-state index in [0.717, 1.165) is 47.8 Å². The zero-order valence-electron chi connectivity index (χ0n) is 17.1. The molecule has 1 aliphatic rings. The summed E-state index contributed by atoms with van der Waals surface area (Å²) in [6.45, 7) is 10.3. The second kappa shape index (κ2) is 9.73. The molecule has 0 aromatic carbocycles. The predicted octanol–water partition coefficient (Wildman–Crippen LogP) is 4.47. The van der Waals surface area contributed by atoms with E-state index in [1.54, 1.807) is 28.4 Å². The van der Waals surface area contributed by atoms with E-state index >= 15 is 0 Å². The molecule has 0 spiro atoms. The first-order valence-corrected chi connectivity index (χ1v) is 10.7. The molecule has 6 heteroatoms. The topological polar surface area (TPSA) is 58.3 Å². The van der Waals surface area contributed by atoms with Gasteiger partial charge in [0.1, 0.15) is 11.6 Å². The normalized spacial score (nSPS) is 16.6. The van der Waals surface area contributed by atoms with Crippen LogP contribution in [0.4, 0.5) is 0 Å². The van der Waals surface area contributed by atoms with Crippen molar-refractivity contribution in [3.8, 4) is 6.07 Å². The summed E-state index contributed by atoms with van der Waals surface area (Å²) in [5, 5.41) is 11.7. The van der Waals surface area contributed by atoms with Gasteiger partial charge >= 0.3 is 0 Å². The van der Waals surface area contributed by atoms with Crippen molar-refractivity contribution >= 4 is 23.3 Å². The van der Waals surface area contributed by atoms with Crippen molar-refractivity contribution in [1.29, 1.82) is 5.26 Å². The van der Waals surface area contributed by atoms with Gasteiger partial charge in [-0.15, -0.1) is 17.9 Å². The molecule has 1 atom stereocenters. The first kappa shape index (κ1) is 21.1. The van der Waals surface area contributed by atoms with E-state index in [1.807, 2.05) is 37.4 Å². The second-order valence-corrected chi connectivity index (χ2v) is 8.33. The summed E-state index contributed by atoms with van der Waals surface area (Å²) in [4.78, 5) is 15.8. The fourth-order valence-corrected chi connectivity index (χ4v) is 4.40.